The van der Waals surface area contributed by atoms with Crippen LogP contribution < -0.4 is 5.32 Å². The average Bonchev–Trinajstić information content (AvgIpc) is 3.05. The van der Waals surface area contributed by atoms with Gasteiger partial charge in [-0.05, 0) is 61.1 Å². The predicted molar refractivity (Wildman–Crippen MR) is 115 cm³/mol. The highest BCUT2D eigenvalue weighted by Crippen LogP contribution is 2.25. The van der Waals surface area contributed by atoms with E-state index in [1.54, 1.807) is 7.05 Å². The minimum atomic E-state index is 0.151. The van der Waals surface area contributed by atoms with Crippen LogP contribution in [0.1, 0.15) is 24.1 Å². The largest absolute Gasteiger partial charge is 0.359 e. The molecule has 0 saturated carbocycles. The van der Waals surface area contributed by atoms with E-state index in [0.717, 1.165) is 44.0 Å². The summed E-state index contributed by atoms with van der Waals surface area (Å²) in [5.41, 5.74) is 3.76. The summed E-state index contributed by atoms with van der Waals surface area (Å²) in [5.74, 6) is 0.327. The standard InChI is InChI=1S/C23H26ClN3O/c1-25-23(28)18-9-11-26(12-10-18)16-21-14-19-6-2-3-8-22(19)27(21)15-17-5-4-7-20(24)13-17/h2-8,13-14,18H,9-12,15-16H2,1H3,(H,25,28). The van der Waals surface area contributed by atoms with Gasteiger partial charge in [0.1, 0.15) is 0 Å². The number of nitrogens with one attached hydrogen (secondary N) is 1. The van der Waals surface area contributed by atoms with Gasteiger partial charge in [0.2, 0.25) is 5.91 Å². The normalized spacial score (nSPS) is 15.8. The lowest BCUT2D eigenvalue weighted by molar-refractivity contribution is -0.125. The Bertz CT molecular complexity index is 973. The molecule has 5 heteroatoms. The molecule has 146 valence electrons. The van der Waals surface area contributed by atoms with Crippen LogP contribution in [0.15, 0.2) is 54.6 Å². The Hall–Kier alpha value is -2.30. The van der Waals surface area contributed by atoms with Crippen molar-refractivity contribution in [1.82, 2.24) is 14.8 Å². The third-order valence-electron chi connectivity index (χ3n) is 5.72. The average molecular weight is 396 g/mol. The van der Waals surface area contributed by atoms with Gasteiger partial charge in [-0.2, -0.15) is 0 Å². The van der Waals surface area contributed by atoms with E-state index < -0.39 is 0 Å². The van der Waals surface area contributed by atoms with Crippen LogP contribution >= 0.6 is 11.6 Å². The molecule has 2 heterocycles. The monoisotopic (exact) mass is 395 g/mol. The van der Waals surface area contributed by atoms with E-state index in [9.17, 15) is 4.79 Å². The van der Waals surface area contributed by atoms with Crippen molar-refractivity contribution in [2.75, 3.05) is 20.1 Å². The van der Waals surface area contributed by atoms with Crippen LogP contribution in [-0.2, 0) is 17.9 Å². The lowest BCUT2D eigenvalue weighted by Gasteiger charge is -2.31. The first-order chi connectivity index (χ1) is 13.6. The number of para-hydroxylation sites is 1. The van der Waals surface area contributed by atoms with Gasteiger partial charge in [-0.25, -0.2) is 0 Å². The minimum absolute atomic E-state index is 0.151. The van der Waals surface area contributed by atoms with Gasteiger partial charge in [-0.15, -0.1) is 0 Å². The number of carbonyl (C=O) groups is 1. The van der Waals surface area contributed by atoms with Crippen LogP contribution in [0.25, 0.3) is 10.9 Å². The molecule has 1 amide bonds. The zero-order valence-corrected chi connectivity index (χ0v) is 17.0. The summed E-state index contributed by atoms with van der Waals surface area (Å²) < 4.78 is 2.39. The molecule has 0 radical (unpaired) electrons. The Morgan fingerprint density at radius 2 is 1.86 bits per heavy atom. The summed E-state index contributed by atoms with van der Waals surface area (Å²) in [6, 6.07) is 18.9. The SMILES string of the molecule is CNC(=O)C1CCN(Cc2cc3ccccc3n2Cc2cccc(Cl)c2)CC1. The second-order valence-corrected chi connectivity index (χ2v) is 8.01. The Labute approximate surface area is 171 Å². The highest BCUT2D eigenvalue weighted by molar-refractivity contribution is 6.30. The zero-order valence-electron chi connectivity index (χ0n) is 16.2. The molecule has 1 saturated heterocycles. The first-order valence-electron chi connectivity index (χ1n) is 9.89. The topological polar surface area (TPSA) is 37.3 Å². The van der Waals surface area contributed by atoms with Crippen molar-refractivity contribution in [2.45, 2.75) is 25.9 Å². The summed E-state index contributed by atoms with van der Waals surface area (Å²) in [6.07, 6.45) is 1.85. The maximum absolute atomic E-state index is 11.9. The van der Waals surface area contributed by atoms with Crippen molar-refractivity contribution in [3.8, 4) is 0 Å². The van der Waals surface area contributed by atoms with E-state index in [1.165, 1.54) is 22.2 Å². The zero-order chi connectivity index (χ0) is 19.5. The van der Waals surface area contributed by atoms with Crippen LogP contribution in [0.3, 0.4) is 0 Å². The molecule has 1 aliphatic rings. The van der Waals surface area contributed by atoms with E-state index in [2.05, 4.69) is 51.2 Å². The van der Waals surface area contributed by atoms with E-state index in [1.807, 2.05) is 18.2 Å². The van der Waals surface area contributed by atoms with Gasteiger partial charge in [0.15, 0.2) is 0 Å². The van der Waals surface area contributed by atoms with E-state index in [4.69, 9.17) is 11.6 Å². The molecule has 3 aromatic rings. The lowest BCUT2D eigenvalue weighted by atomic mass is 9.96. The quantitative estimate of drug-likeness (QED) is 0.699. The maximum Gasteiger partial charge on any atom is 0.222 e. The summed E-state index contributed by atoms with van der Waals surface area (Å²) in [7, 11) is 1.73. The van der Waals surface area contributed by atoms with Crippen LogP contribution in [0.2, 0.25) is 5.02 Å². The highest BCUT2D eigenvalue weighted by atomic mass is 35.5. The highest BCUT2D eigenvalue weighted by Gasteiger charge is 2.25. The molecule has 1 N–H and O–H groups in total. The number of piperidine rings is 1. The van der Waals surface area contributed by atoms with Gasteiger partial charge in [-0.3, -0.25) is 9.69 Å². The molecule has 0 bridgehead atoms. The second-order valence-electron chi connectivity index (χ2n) is 7.58. The van der Waals surface area contributed by atoms with Crippen LogP contribution in [-0.4, -0.2) is 35.5 Å². The van der Waals surface area contributed by atoms with Crippen molar-refractivity contribution in [2.24, 2.45) is 5.92 Å². The Balaban J connectivity index is 1.56. The first-order valence-corrected chi connectivity index (χ1v) is 10.3. The molecule has 0 unspecified atom stereocenters. The van der Waals surface area contributed by atoms with Crippen molar-refractivity contribution in [1.29, 1.82) is 0 Å². The molecule has 1 aromatic heterocycles. The Morgan fingerprint density at radius 1 is 1.07 bits per heavy atom. The van der Waals surface area contributed by atoms with Gasteiger partial charge < -0.3 is 9.88 Å². The van der Waals surface area contributed by atoms with Crippen molar-refractivity contribution >= 4 is 28.4 Å². The molecule has 4 rings (SSSR count). The maximum atomic E-state index is 11.9. The van der Waals surface area contributed by atoms with E-state index in [0.29, 0.717) is 0 Å². The van der Waals surface area contributed by atoms with Gasteiger partial charge in [0.05, 0.1) is 0 Å². The molecule has 0 atom stereocenters. The minimum Gasteiger partial charge on any atom is -0.359 e. The molecule has 2 aromatic carbocycles. The summed E-state index contributed by atoms with van der Waals surface area (Å²) in [4.78, 5) is 14.3. The molecular weight excluding hydrogens is 370 g/mol. The molecule has 28 heavy (non-hydrogen) atoms. The number of rotatable bonds is 5. The fourth-order valence-corrected chi connectivity index (χ4v) is 4.40. The molecule has 0 aliphatic carbocycles. The van der Waals surface area contributed by atoms with Crippen LogP contribution in [0.4, 0.5) is 0 Å². The summed E-state index contributed by atoms with van der Waals surface area (Å²) in [5, 5.41) is 4.82. The predicted octanol–water partition coefficient (Wildman–Crippen LogP) is 4.30. The summed E-state index contributed by atoms with van der Waals surface area (Å²) in [6.45, 7) is 3.61. The number of amides is 1. The molecule has 1 fully saturated rings. The number of halogens is 1. The number of hydrogen-bond donors (Lipinski definition) is 1. The first kappa shape index (κ1) is 19.0. The second kappa shape index (κ2) is 8.38. The van der Waals surface area contributed by atoms with Gasteiger partial charge in [0, 0.05) is 42.3 Å². The molecule has 1 aliphatic heterocycles. The van der Waals surface area contributed by atoms with Crippen LogP contribution in [0.5, 0.6) is 0 Å². The van der Waals surface area contributed by atoms with Crippen molar-refractivity contribution in [3.63, 3.8) is 0 Å². The number of fused-ring (bicyclic) bond motifs is 1. The van der Waals surface area contributed by atoms with Crippen molar-refractivity contribution < 1.29 is 4.79 Å². The number of benzene rings is 2. The molecular formula is C23H26ClN3O. The van der Waals surface area contributed by atoms with Gasteiger partial charge in [-0.1, -0.05) is 41.9 Å². The number of likely N-dealkylation sites (tertiary alicyclic amines) is 1. The van der Waals surface area contributed by atoms with E-state index >= 15 is 0 Å². The summed E-state index contributed by atoms with van der Waals surface area (Å²) >= 11 is 6.20. The fourth-order valence-electron chi connectivity index (χ4n) is 4.19. The number of nitrogens with zero attached hydrogens (tertiary/aromatic N) is 2. The third kappa shape index (κ3) is 4.08. The smallest absolute Gasteiger partial charge is 0.222 e. The Kier molecular flexibility index (Phi) is 5.69. The van der Waals surface area contributed by atoms with E-state index in [-0.39, 0.29) is 11.8 Å². The lowest BCUT2D eigenvalue weighted by Crippen LogP contribution is -2.39. The third-order valence-corrected chi connectivity index (χ3v) is 5.95. The fraction of sp³-hybridized carbons (Fsp3) is 0.348. The Morgan fingerprint density at radius 3 is 2.61 bits per heavy atom. The number of hydrogen-bond acceptors (Lipinski definition) is 2. The molecule has 0 spiro atoms. The number of aromatic nitrogens is 1. The van der Waals surface area contributed by atoms with Crippen LogP contribution in [0, 0.1) is 5.92 Å². The number of carbonyl (C=O) groups excluding carboxylic acids is 1. The van der Waals surface area contributed by atoms with Gasteiger partial charge >= 0.3 is 0 Å². The molecule has 4 nitrogen and oxygen atoms in total. The van der Waals surface area contributed by atoms with Crippen molar-refractivity contribution in [3.05, 3.63) is 70.9 Å². The van der Waals surface area contributed by atoms with Gasteiger partial charge in [0.25, 0.3) is 0 Å².